The summed E-state index contributed by atoms with van der Waals surface area (Å²) in [6, 6.07) is 9.43. The summed E-state index contributed by atoms with van der Waals surface area (Å²) in [6.07, 6.45) is 2.50. The number of hydrogen-bond donors (Lipinski definition) is 0. The Labute approximate surface area is 105 Å². The SMILES string of the molecule is N#Cc1oc2ccccc2c1OCOCC1CC1. The molecule has 0 amide bonds. The van der Waals surface area contributed by atoms with Gasteiger partial charge in [-0.05, 0) is 30.9 Å². The maximum atomic E-state index is 9.01. The second-order valence-corrected chi connectivity index (χ2v) is 4.44. The molecule has 3 rings (SSSR count). The monoisotopic (exact) mass is 243 g/mol. The van der Waals surface area contributed by atoms with Crippen LogP contribution in [-0.2, 0) is 4.74 Å². The number of nitrogens with zero attached hydrogens (tertiary/aromatic N) is 1. The van der Waals surface area contributed by atoms with Gasteiger partial charge in [0, 0.05) is 0 Å². The smallest absolute Gasteiger partial charge is 0.246 e. The Morgan fingerprint density at radius 3 is 2.94 bits per heavy atom. The normalized spacial score (nSPS) is 14.6. The van der Waals surface area contributed by atoms with Crippen LogP contribution < -0.4 is 4.74 Å². The fourth-order valence-corrected chi connectivity index (χ4v) is 1.84. The molecule has 0 bridgehead atoms. The maximum absolute atomic E-state index is 9.01. The minimum absolute atomic E-state index is 0.161. The summed E-state index contributed by atoms with van der Waals surface area (Å²) < 4.78 is 16.3. The van der Waals surface area contributed by atoms with E-state index in [1.807, 2.05) is 30.3 Å². The predicted molar refractivity (Wildman–Crippen MR) is 65.1 cm³/mol. The number of nitriles is 1. The largest absolute Gasteiger partial charge is 0.462 e. The Morgan fingerprint density at radius 1 is 1.33 bits per heavy atom. The van der Waals surface area contributed by atoms with Gasteiger partial charge >= 0.3 is 0 Å². The van der Waals surface area contributed by atoms with E-state index in [0.717, 1.165) is 12.0 Å². The van der Waals surface area contributed by atoms with Gasteiger partial charge in [-0.15, -0.1) is 0 Å². The Kier molecular flexibility index (Phi) is 2.91. The van der Waals surface area contributed by atoms with Crippen LogP contribution >= 0.6 is 0 Å². The molecule has 0 saturated heterocycles. The zero-order chi connectivity index (χ0) is 12.4. The second kappa shape index (κ2) is 4.71. The number of furan rings is 1. The Hall–Kier alpha value is -1.99. The summed E-state index contributed by atoms with van der Waals surface area (Å²) in [7, 11) is 0. The van der Waals surface area contributed by atoms with Crippen LogP contribution in [0.15, 0.2) is 28.7 Å². The molecule has 0 aliphatic heterocycles. The first-order valence-corrected chi connectivity index (χ1v) is 6.00. The van der Waals surface area contributed by atoms with Gasteiger partial charge < -0.3 is 13.9 Å². The molecule has 0 N–H and O–H groups in total. The summed E-state index contributed by atoms with van der Waals surface area (Å²) in [5.41, 5.74) is 0.659. The van der Waals surface area contributed by atoms with E-state index in [1.165, 1.54) is 12.8 Å². The van der Waals surface area contributed by atoms with Crippen molar-refractivity contribution in [3.8, 4) is 11.8 Å². The topological polar surface area (TPSA) is 55.4 Å². The average Bonchev–Trinajstić information content (AvgIpc) is 3.15. The van der Waals surface area contributed by atoms with E-state index in [0.29, 0.717) is 17.3 Å². The molecule has 1 aromatic carbocycles. The van der Waals surface area contributed by atoms with Gasteiger partial charge in [-0.3, -0.25) is 0 Å². The molecule has 0 atom stereocenters. The van der Waals surface area contributed by atoms with Crippen molar-refractivity contribution in [2.75, 3.05) is 13.4 Å². The average molecular weight is 243 g/mol. The Balaban J connectivity index is 1.74. The van der Waals surface area contributed by atoms with E-state index in [9.17, 15) is 0 Å². The summed E-state index contributed by atoms with van der Waals surface area (Å²) in [4.78, 5) is 0. The van der Waals surface area contributed by atoms with Crippen molar-refractivity contribution in [2.24, 2.45) is 5.92 Å². The highest BCUT2D eigenvalue weighted by Gasteiger charge is 2.21. The molecular weight excluding hydrogens is 230 g/mol. The molecule has 92 valence electrons. The molecule has 1 aliphatic carbocycles. The van der Waals surface area contributed by atoms with E-state index in [4.69, 9.17) is 19.2 Å². The lowest BCUT2D eigenvalue weighted by molar-refractivity contribution is 0.0102. The van der Waals surface area contributed by atoms with Crippen LogP contribution in [0.2, 0.25) is 0 Å². The number of fused-ring (bicyclic) bond motifs is 1. The highest BCUT2D eigenvalue weighted by Crippen LogP contribution is 2.33. The minimum Gasteiger partial charge on any atom is -0.462 e. The van der Waals surface area contributed by atoms with Gasteiger partial charge in [-0.25, -0.2) is 0 Å². The fraction of sp³-hybridized carbons (Fsp3) is 0.357. The number of benzene rings is 1. The van der Waals surface area contributed by atoms with E-state index >= 15 is 0 Å². The molecule has 1 aliphatic rings. The molecule has 18 heavy (non-hydrogen) atoms. The number of ether oxygens (including phenoxy) is 2. The van der Waals surface area contributed by atoms with E-state index in [1.54, 1.807) is 0 Å². The highest BCUT2D eigenvalue weighted by molar-refractivity contribution is 5.86. The number of para-hydroxylation sites is 1. The van der Waals surface area contributed by atoms with Crippen molar-refractivity contribution < 1.29 is 13.9 Å². The Morgan fingerprint density at radius 2 is 2.17 bits per heavy atom. The lowest BCUT2D eigenvalue weighted by Crippen LogP contribution is -2.05. The Bertz CT molecular complexity index is 593. The fourth-order valence-electron chi connectivity index (χ4n) is 1.84. The number of rotatable bonds is 5. The van der Waals surface area contributed by atoms with Crippen LogP contribution in [0, 0.1) is 17.2 Å². The van der Waals surface area contributed by atoms with Crippen molar-refractivity contribution in [1.29, 1.82) is 5.26 Å². The highest BCUT2D eigenvalue weighted by atomic mass is 16.7. The van der Waals surface area contributed by atoms with Gasteiger partial charge in [0.05, 0.1) is 12.0 Å². The van der Waals surface area contributed by atoms with Crippen molar-refractivity contribution >= 4 is 11.0 Å². The molecule has 1 aromatic heterocycles. The predicted octanol–water partition coefficient (Wildman–Crippen LogP) is 3.07. The molecule has 0 radical (unpaired) electrons. The molecule has 2 aromatic rings. The quantitative estimate of drug-likeness (QED) is 0.598. The maximum Gasteiger partial charge on any atom is 0.246 e. The van der Waals surface area contributed by atoms with E-state index in [-0.39, 0.29) is 12.6 Å². The van der Waals surface area contributed by atoms with Crippen LogP contribution in [0.25, 0.3) is 11.0 Å². The van der Waals surface area contributed by atoms with Gasteiger partial charge in [-0.2, -0.15) is 5.26 Å². The van der Waals surface area contributed by atoms with Gasteiger partial charge in [0.2, 0.25) is 5.76 Å². The minimum atomic E-state index is 0.161. The standard InChI is InChI=1S/C14H13NO3/c15-7-13-14(17-9-16-8-10-5-6-10)11-3-1-2-4-12(11)18-13/h1-4,10H,5-6,8-9H2. The lowest BCUT2D eigenvalue weighted by atomic mass is 10.2. The summed E-state index contributed by atoms with van der Waals surface area (Å²) in [5, 5.41) is 9.82. The second-order valence-electron chi connectivity index (χ2n) is 4.44. The zero-order valence-electron chi connectivity index (χ0n) is 9.89. The zero-order valence-corrected chi connectivity index (χ0v) is 9.89. The van der Waals surface area contributed by atoms with Gasteiger partial charge in [0.25, 0.3) is 0 Å². The van der Waals surface area contributed by atoms with Gasteiger partial charge in [0.15, 0.2) is 12.5 Å². The van der Waals surface area contributed by atoms with Crippen LogP contribution in [0.4, 0.5) is 0 Å². The molecule has 1 heterocycles. The molecule has 1 saturated carbocycles. The third kappa shape index (κ3) is 2.18. The molecule has 0 spiro atoms. The summed E-state index contributed by atoms with van der Waals surface area (Å²) in [6.45, 7) is 0.895. The van der Waals surface area contributed by atoms with Crippen molar-refractivity contribution in [3.05, 3.63) is 30.0 Å². The van der Waals surface area contributed by atoms with Crippen molar-refractivity contribution in [2.45, 2.75) is 12.8 Å². The first kappa shape index (κ1) is 11.1. The third-order valence-corrected chi connectivity index (χ3v) is 2.99. The molecule has 0 unspecified atom stereocenters. The molecule has 4 nitrogen and oxygen atoms in total. The van der Waals surface area contributed by atoms with Gasteiger partial charge in [0.1, 0.15) is 11.7 Å². The number of hydrogen-bond acceptors (Lipinski definition) is 4. The van der Waals surface area contributed by atoms with Crippen LogP contribution in [-0.4, -0.2) is 13.4 Å². The first-order chi connectivity index (χ1) is 8.88. The van der Waals surface area contributed by atoms with E-state index < -0.39 is 0 Å². The first-order valence-electron chi connectivity index (χ1n) is 6.00. The van der Waals surface area contributed by atoms with Crippen LogP contribution in [0.1, 0.15) is 18.6 Å². The van der Waals surface area contributed by atoms with Crippen molar-refractivity contribution in [3.63, 3.8) is 0 Å². The van der Waals surface area contributed by atoms with Crippen molar-refractivity contribution in [1.82, 2.24) is 0 Å². The van der Waals surface area contributed by atoms with Gasteiger partial charge in [-0.1, -0.05) is 12.1 Å². The van der Waals surface area contributed by atoms with Crippen LogP contribution in [0.3, 0.4) is 0 Å². The lowest BCUT2D eigenvalue weighted by Gasteiger charge is -2.05. The summed E-state index contributed by atoms with van der Waals surface area (Å²) in [5.74, 6) is 1.38. The van der Waals surface area contributed by atoms with Crippen LogP contribution in [0.5, 0.6) is 5.75 Å². The third-order valence-electron chi connectivity index (χ3n) is 2.99. The molecular formula is C14H13NO3. The van der Waals surface area contributed by atoms with E-state index in [2.05, 4.69) is 0 Å². The molecule has 4 heteroatoms. The summed E-state index contributed by atoms with van der Waals surface area (Å²) >= 11 is 0. The molecule has 1 fully saturated rings.